The van der Waals surface area contributed by atoms with E-state index < -0.39 is 18.0 Å². The Bertz CT molecular complexity index is 285. The molecule has 0 aromatic carbocycles. The van der Waals surface area contributed by atoms with Crippen LogP contribution >= 0.6 is 0 Å². The third-order valence-electron chi connectivity index (χ3n) is 3.45. The molecule has 0 amide bonds. The minimum absolute atomic E-state index is 0.0231. The highest BCUT2D eigenvalue weighted by molar-refractivity contribution is 5.74. The first kappa shape index (κ1) is 23.1. The summed E-state index contributed by atoms with van der Waals surface area (Å²) in [6.07, 6.45) is 9.35. The van der Waals surface area contributed by atoms with Gasteiger partial charge in [-0.15, -0.1) is 0 Å². The molecular weight excluding hydrogens is 284 g/mol. The molecule has 0 fully saturated rings. The fourth-order valence-electron chi connectivity index (χ4n) is 1.93. The Morgan fingerprint density at radius 3 is 2.05 bits per heavy atom. The molecule has 0 rings (SSSR count). The SMILES string of the molecule is CCCCCCCC(C)CCN.N[C@H](CCC(=O)O)C(=O)O. The first-order chi connectivity index (χ1) is 10.3. The average Bonchev–Trinajstić information content (AvgIpc) is 2.45. The third kappa shape index (κ3) is 18.9. The van der Waals surface area contributed by atoms with E-state index in [9.17, 15) is 9.59 Å². The molecule has 0 aliphatic carbocycles. The molecule has 0 radical (unpaired) electrons. The summed E-state index contributed by atoms with van der Waals surface area (Å²) in [5, 5.41) is 16.3. The van der Waals surface area contributed by atoms with Crippen LogP contribution in [0.25, 0.3) is 0 Å². The molecule has 0 saturated carbocycles. The lowest BCUT2D eigenvalue weighted by molar-refractivity contribution is -0.139. The smallest absolute Gasteiger partial charge is 0.320 e. The maximum atomic E-state index is 9.99. The van der Waals surface area contributed by atoms with Gasteiger partial charge in [-0.05, 0) is 25.3 Å². The number of hydrogen-bond donors (Lipinski definition) is 4. The fraction of sp³-hybridized carbons (Fsp3) is 0.875. The number of carboxylic acids is 2. The van der Waals surface area contributed by atoms with Crippen molar-refractivity contribution in [3.8, 4) is 0 Å². The van der Waals surface area contributed by atoms with Crippen molar-refractivity contribution in [3.05, 3.63) is 0 Å². The highest BCUT2D eigenvalue weighted by Crippen LogP contribution is 2.13. The molecule has 0 saturated heterocycles. The van der Waals surface area contributed by atoms with Crippen molar-refractivity contribution in [3.63, 3.8) is 0 Å². The number of rotatable bonds is 12. The Morgan fingerprint density at radius 2 is 1.59 bits per heavy atom. The summed E-state index contributed by atoms with van der Waals surface area (Å²) in [6, 6.07) is -1.06. The van der Waals surface area contributed by atoms with Crippen molar-refractivity contribution in [2.75, 3.05) is 6.54 Å². The van der Waals surface area contributed by atoms with E-state index in [4.69, 9.17) is 21.7 Å². The monoisotopic (exact) mass is 318 g/mol. The van der Waals surface area contributed by atoms with Crippen molar-refractivity contribution >= 4 is 11.9 Å². The number of carboxylic acid groups (broad SMARTS) is 2. The van der Waals surface area contributed by atoms with Crippen LogP contribution in [0, 0.1) is 5.92 Å². The summed E-state index contributed by atoms with van der Waals surface area (Å²) in [6.45, 7) is 5.43. The number of nitrogens with two attached hydrogens (primary N) is 2. The zero-order valence-corrected chi connectivity index (χ0v) is 14.1. The van der Waals surface area contributed by atoms with Gasteiger partial charge in [0.2, 0.25) is 0 Å². The van der Waals surface area contributed by atoms with Gasteiger partial charge < -0.3 is 21.7 Å². The average molecular weight is 318 g/mol. The molecular formula is C16H34N2O4. The van der Waals surface area contributed by atoms with Gasteiger partial charge in [0.15, 0.2) is 0 Å². The molecule has 1 unspecified atom stereocenters. The maximum Gasteiger partial charge on any atom is 0.320 e. The molecule has 132 valence electrons. The first-order valence-corrected chi connectivity index (χ1v) is 8.25. The highest BCUT2D eigenvalue weighted by Gasteiger charge is 2.12. The Morgan fingerprint density at radius 1 is 1.00 bits per heavy atom. The van der Waals surface area contributed by atoms with E-state index in [2.05, 4.69) is 13.8 Å². The van der Waals surface area contributed by atoms with Gasteiger partial charge in [-0.3, -0.25) is 9.59 Å². The minimum Gasteiger partial charge on any atom is -0.481 e. The zero-order chi connectivity index (χ0) is 17.4. The summed E-state index contributed by atoms with van der Waals surface area (Å²) in [7, 11) is 0. The van der Waals surface area contributed by atoms with Crippen LogP contribution in [0.4, 0.5) is 0 Å². The molecule has 2 atom stereocenters. The third-order valence-corrected chi connectivity index (χ3v) is 3.45. The van der Waals surface area contributed by atoms with Crippen LogP contribution in [0.15, 0.2) is 0 Å². The van der Waals surface area contributed by atoms with Crippen LogP contribution in [0.3, 0.4) is 0 Å². The molecule has 0 aromatic rings. The normalized spacial score (nSPS) is 12.9. The fourth-order valence-corrected chi connectivity index (χ4v) is 1.93. The lowest BCUT2D eigenvalue weighted by Crippen LogP contribution is -2.30. The molecule has 0 aliphatic rings. The van der Waals surface area contributed by atoms with E-state index in [1.54, 1.807) is 0 Å². The second-order valence-corrected chi connectivity index (χ2v) is 5.76. The van der Waals surface area contributed by atoms with Crippen LogP contribution in [0.1, 0.15) is 71.6 Å². The molecule has 0 aliphatic heterocycles. The van der Waals surface area contributed by atoms with Crippen molar-refractivity contribution in [1.29, 1.82) is 0 Å². The Balaban J connectivity index is 0. The van der Waals surface area contributed by atoms with E-state index in [0.29, 0.717) is 0 Å². The summed E-state index contributed by atoms with van der Waals surface area (Å²) in [4.78, 5) is 19.9. The standard InChI is InChI=1S/C11H25N.C5H9NO4/c1-3-4-5-6-7-8-11(2)9-10-12;6-3(5(9)10)1-2-4(7)8/h11H,3-10,12H2,1-2H3;3H,1-2,6H2,(H,7,8)(H,9,10)/t;3-/m.1/s1. The van der Waals surface area contributed by atoms with Gasteiger partial charge in [0, 0.05) is 6.42 Å². The summed E-state index contributed by atoms with van der Waals surface area (Å²) < 4.78 is 0. The Kier molecular flexibility index (Phi) is 17.1. The van der Waals surface area contributed by atoms with Crippen LogP contribution in [0.2, 0.25) is 0 Å². The van der Waals surface area contributed by atoms with Crippen molar-refractivity contribution in [1.82, 2.24) is 0 Å². The van der Waals surface area contributed by atoms with Gasteiger partial charge >= 0.3 is 11.9 Å². The van der Waals surface area contributed by atoms with Gasteiger partial charge in [-0.25, -0.2) is 0 Å². The lowest BCUT2D eigenvalue weighted by atomic mass is 9.99. The van der Waals surface area contributed by atoms with Gasteiger partial charge in [0.05, 0.1) is 0 Å². The van der Waals surface area contributed by atoms with E-state index in [0.717, 1.165) is 12.5 Å². The van der Waals surface area contributed by atoms with E-state index in [1.807, 2.05) is 0 Å². The molecule has 6 heteroatoms. The van der Waals surface area contributed by atoms with Crippen LogP contribution in [-0.4, -0.2) is 34.7 Å². The Hall–Kier alpha value is -1.14. The number of carbonyl (C=O) groups is 2. The molecule has 6 nitrogen and oxygen atoms in total. The van der Waals surface area contributed by atoms with Crippen LogP contribution < -0.4 is 11.5 Å². The second-order valence-electron chi connectivity index (χ2n) is 5.76. The molecule has 6 N–H and O–H groups in total. The van der Waals surface area contributed by atoms with E-state index >= 15 is 0 Å². The van der Waals surface area contributed by atoms with E-state index in [1.165, 1.54) is 44.9 Å². The topological polar surface area (TPSA) is 127 Å². The maximum absolute atomic E-state index is 9.99. The van der Waals surface area contributed by atoms with Gasteiger partial charge in [0.25, 0.3) is 0 Å². The van der Waals surface area contributed by atoms with Crippen LogP contribution in [0.5, 0.6) is 0 Å². The first-order valence-electron chi connectivity index (χ1n) is 8.25. The molecule has 0 spiro atoms. The summed E-state index contributed by atoms with van der Waals surface area (Å²) >= 11 is 0. The molecule has 0 heterocycles. The molecule has 22 heavy (non-hydrogen) atoms. The molecule has 0 bridgehead atoms. The quantitative estimate of drug-likeness (QED) is 0.410. The van der Waals surface area contributed by atoms with E-state index in [-0.39, 0.29) is 12.8 Å². The van der Waals surface area contributed by atoms with Crippen molar-refractivity contribution in [2.45, 2.75) is 77.7 Å². The van der Waals surface area contributed by atoms with Crippen molar-refractivity contribution in [2.24, 2.45) is 17.4 Å². The van der Waals surface area contributed by atoms with Gasteiger partial charge in [-0.1, -0.05) is 52.4 Å². The number of aliphatic carboxylic acids is 2. The number of hydrogen-bond acceptors (Lipinski definition) is 4. The predicted molar refractivity (Wildman–Crippen MR) is 88.7 cm³/mol. The van der Waals surface area contributed by atoms with Crippen LogP contribution in [-0.2, 0) is 9.59 Å². The lowest BCUT2D eigenvalue weighted by Gasteiger charge is -2.08. The molecule has 0 aromatic heterocycles. The van der Waals surface area contributed by atoms with Gasteiger partial charge in [0.1, 0.15) is 6.04 Å². The van der Waals surface area contributed by atoms with Gasteiger partial charge in [-0.2, -0.15) is 0 Å². The summed E-state index contributed by atoms with van der Waals surface area (Å²) in [5.74, 6) is -1.35. The Labute approximate surface area is 134 Å². The largest absolute Gasteiger partial charge is 0.481 e. The highest BCUT2D eigenvalue weighted by atomic mass is 16.4. The zero-order valence-electron chi connectivity index (χ0n) is 14.1. The number of unbranched alkanes of at least 4 members (excludes halogenated alkanes) is 4. The minimum atomic E-state index is -1.17. The summed E-state index contributed by atoms with van der Waals surface area (Å²) in [5.41, 5.74) is 10.5. The predicted octanol–water partition coefficient (Wildman–Crippen LogP) is 2.59. The second kappa shape index (κ2) is 16.2. The van der Waals surface area contributed by atoms with Crippen molar-refractivity contribution < 1.29 is 19.8 Å².